The number of carboxylic acids is 1. The van der Waals surface area contributed by atoms with Crippen molar-refractivity contribution in [2.45, 2.75) is 0 Å². The molecule has 0 bridgehead atoms. The van der Waals surface area contributed by atoms with Gasteiger partial charge in [0, 0.05) is 10.0 Å². The molecule has 0 aliphatic rings. The Balaban J connectivity index is 2.49. The number of hydrogen-bond donors (Lipinski definition) is 2. The lowest BCUT2D eigenvalue weighted by atomic mass is 10.2. The summed E-state index contributed by atoms with van der Waals surface area (Å²) >= 11 is 4.26. The van der Waals surface area contributed by atoms with Crippen LogP contribution in [0.25, 0.3) is 10.6 Å². The monoisotopic (exact) mass is 299 g/mol. The highest BCUT2D eigenvalue weighted by Crippen LogP contribution is 2.32. The van der Waals surface area contributed by atoms with Crippen molar-refractivity contribution in [2.75, 3.05) is 0 Å². The topological polar surface area (TPSA) is 70.4 Å². The van der Waals surface area contributed by atoms with Crippen LogP contribution in [0.1, 0.15) is 9.67 Å². The van der Waals surface area contributed by atoms with E-state index in [-0.39, 0.29) is 4.88 Å². The van der Waals surface area contributed by atoms with Gasteiger partial charge in [-0.2, -0.15) is 0 Å². The number of aromatic carboxylic acids is 1. The van der Waals surface area contributed by atoms with E-state index in [9.17, 15) is 9.90 Å². The first-order chi connectivity index (χ1) is 7.58. The average Bonchev–Trinajstić information content (AvgIpc) is 2.60. The molecule has 2 N–H and O–H groups in total. The van der Waals surface area contributed by atoms with Crippen molar-refractivity contribution in [1.29, 1.82) is 0 Å². The number of aromatic nitrogens is 1. The first-order valence-corrected chi connectivity index (χ1v) is 5.88. The predicted octanol–water partition coefficient (Wildman–Crippen LogP) is 2.98. The Morgan fingerprint density at radius 2 is 2.19 bits per heavy atom. The zero-order valence-electron chi connectivity index (χ0n) is 7.85. The van der Waals surface area contributed by atoms with Gasteiger partial charge in [0.05, 0.1) is 0 Å². The second-order valence-corrected chi connectivity index (χ2v) is 4.90. The number of carbonyl (C=O) groups is 1. The second-order valence-electron chi connectivity index (χ2n) is 2.99. The molecule has 2 rings (SSSR count). The fraction of sp³-hybridized carbons (Fsp3) is 0. The fourth-order valence-corrected chi connectivity index (χ4v) is 2.39. The van der Waals surface area contributed by atoms with Gasteiger partial charge in [-0.25, -0.2) is 9.78 Å². The van der Waals surface area contributed by atoms with E-state index in [1.165, 1.54) is 0 Å². The third-order valence-corrected chi connectivity index (χ3v) is 3.45. The summed E-state index contributed by atoms with van der Waals surface area (Å²) in [5.41, 5.74) is 0.766. The third kappa shape index (κ3) is 2.07. The number of aromatic hydroxyl groups is 1. The molecule has 1 aromatic carbocycles. The van der Waals surface area contributed by atoms with Gasteiger partial charge in [0.1, 0.15) is 5.01 Å². The van der Waals surface area contributed by atoms with E-state index < -0.39 is 11.8 Å². The minimum atomic E-state index is -1.17. The molecule has 0 radical (unpaired) electrons. The highest BCUT2D eigenvalue weighted by atomic mass is 79.9. The van der Waals surface area contributed by atoms with E-state index in [4.69, 9.17) is 5.11 Å². The number of thiazole rings is 1. The van der Waals surface area contributed by atoms with Crippen LogP contribution in [0.5, 0.6) is 5.88 Å². The van der Waals surface area contributed by atoms with Gasteiger partial charge in [-0.15, -0.1) is 11.3 Å². The largest absolute Gasteiger partial charge is 0.492 e. The molecule has 0 unspecified atom stereocenters. The highest BCUT2D eigenvalue weighted by molar-refractivity contribution is 9.10. The molecule has 0 saturated carbocycles. The summed E-state index contributed by atoms with van der Waals surface area (Å²) in [6.07, 6.45) is 0. The molecule has 0 aliphatic carbocycles. The van der Waals surface area contributed by atoms with Crippen molar-refractivity contribution >= 4 is 33.2 Å². The van der Waals surface area contributed by atoms with E-state index in [1.54, 1.807) is 6.07 Å². The molecular formula is C10H6BrNO3S. The van der Waals surface area contributed by atoms with Crippen molar-refractivity contribution in [2.24, 2.45) is 0 Å². The number of halogens is 1. The van der Waals surface area contributed by atoms with Gasteiger partial charge >= 0.3 is 5.97 Å². The molecule has 4 nitrogen and oxygen atoms in total. The van der Waals surface area contributed by atoms with Crippen LogP contribution in [-0.2, 0) is 0 Å². The van der Waals surface area contributed by atoms with Crippen LogP contribution in [0, 0.1) is 0 Å². The maximum Gasteiger partial charge on any atom is 0.351 e. The Bertz CT molecular complexity index is 553. The summed E-state index contributed by atoms with van der Waals surface area (Å²) < 4.78 is 0.872. The number of rotatable bonds is 2. The SMILES string of the molecule is O=C(O)c1sc(-c2cccc(Br)c2)nc1O. The van der Waals surface area contributed by atoms with Gasteiger partial charge in [0.25, 0.3) is 0 Å². The summed E-state index contributed by atoms with van der Waals surface area (Å²) in [7, 11) is 0. The average molecular weight is 300 g/mol. The number of hydrogen-bond acceptors (Lipinski definition) is 4. The Labute approximate surface area is 103 Å². The molecule has 16 heavy (non-hydrogen) atoms. The molecule has 0 fully saturated rings. The summed E-state index contributed by atoms with van der Waals surface area (Å²) in [6, 6.07) is 7.28. The third-order valence-electron chi connectivity index (χ3n) is 1.88. The van der Waals surface area contributed by atoms with Gasteiger partial charge in [-0.1, -0.05) is 28.1 Å². The smallest absolute Gasteiger partial charge is 0.351 e. The van der Waals surface area contributed by atoms with E-state index >= 15 is 0 Å². The molecule has 1 aromatic heterocycles. The van der Waals surface area contributed by atoms with Crippen LogP contribution in [-0.4, -0.2) is 21.2 Å². The fourth-order valence-electron chi connectivity index (χ4n) is 1.20. The van der Waals surface area contributed by atoms with Gasteiger partial charge in [-0.3, -0.25) is 0 Å². The lowest BCUT2D eigenvalue weighted by Crippen LogP contribution is -1.91. The Kier molecular flexibility index (Phi) is 2.93. The zero-order chi connectivity index (χ0) is 11.7. The highest BCUT2D eigenvalue weighted by Gasteiger charge is 2.17. The quantitative estimate of drug-likeness (QED) is 0.894. The number of nitrogens with zero attached hydrogens (tertiary/aromatic N) is 1. The summed E-state index contributed by atoms with van der Waals surface area (Å²) in [4.78, 5) is 14.4. The molecule has 2 aromatic rings. The molecule has 0 spiro atoms. The molecule has 82 valence electrons. The van der Waals surface area contributed by atoms with Crippen molar-refractivity contribution in [1.82, 2.24) is 4.98 Å². The Morgan fingerprint density at radius 3 is 2.75 bits per heavy atom. The minimum Gasteiger partial charge on any atom is -0.492 e. The molecule has 6 heteroatoms. The number of carboxylic acid groups (broad SMARTS) is 1. The predicted molar refractivity (Wildman–Crippen MR) is 63.9 cm³/mol. The van der Waals surface area contributed by atoms with Crippen molar-refractivity contribution in [3.8, 4) is 16.5 Å². The second kappa shape index (κ2) is 4.23. The van der Waals surface area contributed by atoms with Crippen molar-refractivity contribution < 1.29 is 15.0 Å². The first kappa shape index (κ1) is 11.1. The van der Waals surface area contributed by atoms with E-state index in [0.717, 1.165) is 21.4 Å². The maximum absolute atomic E-state index is 10.7. The lowest BCUT2D eigenvalue weighted by molar-refractivity contribution is 0.0699. The maximum atomic E-state index is 10.7. The van der Waals surface area contributed by atoms with Crippen LogP contribution in [0.15, 0.2) is 28.7 Å². The Morgan fingerprint density at radius 1 is 1.44 bits per heavy atom. The van der Waals surface area contributed by atoms with Crippen LogP contribution in [0.4, 0.5) is 0 Å². The van der Waals surface area contributed by atoms with E-state index in [0.29, 0.717) is 5.01 Å². The van der Waals surface area contributed by atoms with Crippen molar-refractivity contribution in [3.05, 3.63) is 33.6 Å². The number of benzene rings is 1. The molecule has 1 heterocycles. The molecular weight excluding hydrogens is 294 g/mol. The molecule has 0 amide bonds. The van der Waals surface area contributed by atoms with Gasteiger partial charge in [0.2, 0.25) is 5.88 Å². The van der Waals surface area contributed by atoms with Gasteiger partial charge in [-0.05, 0) is 12.1 Å². The van der Waals surface area contributed by atoms with E-state index in [2.05, 4.69) is 20.9 Å². The van der Waals surface area contributed by atoms with Gasteiger partial charge in [0.15, 0.2) is 4.88 Å². The van der Waals surface area contributed by atoms with Crippen molar-refractivity contribution in [3.63, 3.8) is 0 Å². The minimum absolute atomic E-state index is 0.144. The van der Waals surface area contributed by atoms with Crippen LogP contribution >= 0.6 is 27.3 Å². The molecule has 0 aliphatic heterocycles. The summed E-state index contributed by atoms with van der Waals surface area (Å²) in [5, 5.41) is 18.6. The summed E-state index contributed by atoms with van der Waals surface area (Å²) in [5.74, 6) is -1.61. The normalized spacial score (nSPS) is 10.3. The lowest BCUT2D eigenvalue weighted by Gasteiger charge is -1.95. The molecule has 0 saturated heterocycles. The first-order valence-electron chi connectivity index (χ1n) is 4.27. The van der Waals surface area contributed by atoms with Crippen LogP contribution < -0.4 is 0 Å². The van der Waals surface area contributed by atoms with Crippen LogP contribution in [0.2, 0.25) is 0 Å². The van der Waals surface area contributed by atoms with E-state index in [1.807, 2.05) is 18.2 Å². The van der Waals surface area contributed by atoms with Crippen LogP contribution in [0.3, 0.4) is 0 Å². The van der Waals surface area contributed by atoms with Gasteiger partial charge < -0.3 is 10.2 Å². The Hall–Kier alpha value is -1.40. The zero-order valence-corrected chi connectivity index (χ0v) is 10.2. The summed E-state index contributed by atoms with van der Waals surface area (Å²) in [6.45, 7) is 0. The molecule has 0 atom stereocenters. The standard InChI is InChI=1S/C10H6BrNO3S/c11-6-3-1-2-5(4-6)9-12-8(13)7(16-9)10(14)15/h1-4,13H,(H,14,15).